The Kier molecular flexibility index (Phi) is 8.66. The molecule has 8 nitrogen and oxygen atoms in total. The number of fused-ring (bicyclic) bond motifs is 2. The molecule has 0 fully saturated rings. The number of halogens is 7. The molecule has 0 saturated carbocycles. The molecule has 0 amide bonds. The van der Waals surface area contributed by atoms with E-state index in [0.717, 1.165) is 19.2 Å². The standard InChI is InChI=1S/C27H21F6IO8S2/c1-12-6-14(3)22-16(8-12)18(41-43(35,36)26(28,29)30)11-20(40-5)24(22)25-19(39-4)10-17(34)15-7-13(2)9-21(23(15)25)42-44(37,38)27(31,32)33/h6-11H,1-5H3. The molecule has 0 atom stereocenters. The minimum absolute atomic E-state index is 0.00355. The number of hydrogen-bond acceptors (Lipinski definition) is 8. The van der Waals surface area contributed by atoms with Gasteiger partial charge in [-0.15, -0.1) is 0 Å². The van der Waals surface area contributed by atoms with Crippen molar-refractivity contribution in [2.45, 2.75) is 31.8 Å². The van der Waals surface area contributed by atoms with Gasteiger partial charge in [0.1, 0.15) is 11.5 Å². The van der Waals surface area contributed by atoms with Crippen LogP contribution in [-0.2, 0) is 20.2 Å². The first kappa shape index (κ1) is 33.7. The Morgan fingerprint density at radius 1 is 0.591 bits per heavy atom. The summed E-state index contributed by atoms with van der Waals surface area (Å²) >= 11 is 1.87. The molecule has 0 saturated heterocycles. The molecule has 0 radical (unpaired) electrons. The predicted molar refractivity (Wildman–Crippen MR) is 158 cm³/mol. The molecule has 0 aliphatic heterocycles. The van der Waals surface area contributed by atoms with E-state index in [4.69, 9.17) is 9.47 Å². The lowest BCUT2D eigenvalue weighted by Crippen LogP contribution is -2.28. The highest BCUT2D eigenvalue weighted by atomic mass is 127. The van der Waals surface area contributed by atoms with E-state index >= 15 is 0 Å². The van der Waals surface area contributed by atoms with Gasteiger partial charge in [0.25, 0.3) is 0 Å². The van der Waals surface area contributed by atoms with Gasteiger partial charge in [0.05, 0.1) is 14.2 Å². The van der Waals surface area contributed by atoms with Crippen LogP contribution < -0.4 is 17.8 Å². The monoisotopic (exact) mass is 778 g/mol. The van der Waals surface area contributed by atoms with Crippen molar-refractivity contribution in [1.29, 1.82) is 0 Å². The second kappa shape index (κ2) is 11.3. The van der Waals surface area contributed by atoms with Gasteiger partial charge in [-0.05, 0) is 78.1 Å². The normalized spacial score (nSPS) is 12.9. The van der Waals surface area contributed by atoms with Gasteiger partial charge in [-0.25, -0.2) is 0 Å². The number of ether oxygens (including phenoxy) is 2. The summed E-state index contributed by atoms with van der Waals surface area (Å²) in [6, 6.07) is 7.99. The lowest BCUT2D eigenvalue weighted by atomic mass is 9.88. The summed E-state index contributed by atoms with van der Waals surface area (Å²) < 4.78 is 149. The van der Waals surface area contributed by atoms with Gasteiger partial charge < -0.3 is 17.8 Å². The molecule has 0 aromatic heterocycles. The van der Waals surface area contributed by atoms with E-state index in [1.165, 1.54) is 26.2 Å². The first-order chi connectivity index (χ1) is 20.1. The molecule has 0 bridgehead atoms. The fourth-order valence-electron chi connectivity index (χ4n) is 4.76. The summed E-state index contributed by atoms with van der Waals surface area (Å²) in [5.74, 6) is -1.74. The number of hydrogen-bond donors (Lipinski definition) is 0. The molecule has 0 spiro atoms. The first-order valence-corrected chi connectivity index (χ1v) is 16.0. The smallest absolute Gasteiger partial charge is 0.496 e. The maximum atomic E-state index is 13.4. The lowest BCUT2D eigenvalue weighted by molar-refractivity contribution is -0.0504. The summed E-state index contributed by atoms with van der Waals surface area (Å²) in [6.45, 7) is 4.65. The molecular weight excluding hydrogens is 757 g/mol. The molecule has 4 rings (SSSR count). The third-order valence-electron chi connectivity index (χ3n) is 6.42. The molecule has 0 aliphatic rings. The molecule has 4 aromatic rings. The molecule has 238 valence electrons. The van der Waals surface area contributed by atoms with Gasteiger partial charge in [0.2, 0.25) is 0 Å². The van der Waals surface area contributed by atoms with Crippen LogP contribution in [-0.4, -0.2) is 42.1 Å². The van der Waals surface area contributed by atoms with Crippen molar-refractivity contribution in [3.63, 3.8) is 0 Å². The molecule has 4 aromatic carbocycles. The fraction of sp³-hybridized carbons (Fsp3) is 0.259. The molecule has 0 unspecified atom stereocenters. The summed E-state index contributed by atoms with van der Waals surface area (Å²) in [7, 11) is -9.96. The summed E-state index contributed by atoms with van der Waals surface area (Å²) in [5.41, 5.74) is -10.4. The zero-order valence-corrected chi connectivity index (χ0v) is 27.0. The van der Waals surface area contributed by atoms with Crippen LogP contribution in [0, 0.1) is 24.3 Å². The second-order valence-electron chi connectivity index (χ2n) is 9.54. The SMILES string of the molecule is COc1cc(OS(=O)(=O)C(F)(F)F)c2cc(C)cc(C)c2c1-c1c(OC)cc(I)c2cc(C)cc(OS(=O)(=O)C(F)(F)F)c12. The number of rotatable bonds is 7. The number of aryl methyl sites for hydroxylation is 3. The largest absolute Gasteiger partial charge is 0.534 e. The molecular formula is C27H21F6IO8S2. The van der Waals surface area contributed by atoms with Crippen LogP contribution in [0.25, 0.3) is 32.7 Å². The first-order valence-electron chi connectivity index (χ1n) is 12.1. The lowest BCUT2D eigenvalue weighted by Gasteiger charge is -2.23. The van der Waals surface area contributed by atoms with Crippen LogP contribution >= 0.6 is 22.6 Å². The summed E-state index contributed by atoms with van der Waals surface area (Å²) in [4.78, 5) is 0. The number of benzene rings is 4. The van der Waals surface area contributed by atoms with Crippen molar-refractivity contribution in [3.05, 3.63) is 56.7 Å². The van der Waals surface area contributed by atoms with Crippen LogP contribution in [0.5, 0.6) is 23.0 Å². The molecule has 44 heavy (non-hydrogen) atoms. The minimum Gasteiger partial charge on any atom is -0.496 e. The maximum absolute atomic E-state index is 13.4. The molecule has 0 heterocycles. The van der Waals surface area contributed by atoms with E-state index < -0.39 is 42.8 Å². The van der Waals surface area contributed by atoms with Gasteiger partial charge in [0.15, 0.2) is 11.5 Å². The third kappa shape index (κ3) is 5.92. The quantitative estimate of drug-likeness (QED) is 0.0816. The van der Waals surface area contributed by atoms with Gasteiger partial charge in [-0.2, -0.15) is 43.2 Å². The average Bonchev–Trinajstić information content (AvgIpc) is 2.87. The molecule has 17 heteroatoms. The number of alkyl halides is 6. The topological polar surface area (TPSA) is 105 Å². The van der Waals surface area contributed by atoms with Crippen molar-refractivity contribution < 1.29 is 61.0 Å². The second-order valence-corrected chi connectivity index (χ2v) is 13.8. The van der Waals surface area contributed by atoms with Gasteiger partial charge in [-0.3, -0.25) is 0 Å². The Balaban J connectivity index is 2.27. The van der Waals surface area contributed by atoms with Crippen molar-refractivity contribution in [3.8, 4) is 34.1 Å². The summed E-state index contributed by atoms with van der Waals surface area (Å²) in [5, 5.41) is 0.0303. The zero-order chi connectivity index (χ0) is 33.2. The van der Waals surface area contributed by atoms with Crippen LogP contribution in [0.1, 0.15) is 16.7 Å². The van der Waals surface area contributed by atoms with Crippen molar-refractivity contribution in [1.82, 2.24) is 0 Å². The van der Waals surface area contributed by atoms with E-state index in [9.17, 15) is 43.2 Å². The van der Waals surface area contributed by atoms with Gasteiger partial charge >= 0.3 is 31.3 Å². The van der Waals surface area contributed by atoms with Crippen LogP contribution in [0.3, 0.4) is 0 Å². The Bertz CT molecular complexity index is 2040. The Labute approximate surface area is 261 Å². The maximum Gasteiger partial charge on any atom is 0.534 e. The highest BCUT2D eigenvalue weighted by molar-refractivity contribution is 14.1. The Morgan fingerprint density at radius 2 is 1.05 bits per heavy atom. The molecule has 0 aliphatic carbocycles. The van der Waals surface area contributed by atoms with E-state index in [1.54, 1.807) is 26.0 Å². The van der Waals surface area contributed by atoms with Crippen LogP contribution in [0.15, 0.2) is 36.4 Å². The Hall–Kier alpha value is -3.19. The van der Waals surface area contributed by atoms with Crippen molar-refractivity contribution in [2.75, 3.05) is 14.2 Å². The Morgan fingerprint density at radius 3 is 1.57 bits per heavy atom. The van der Waals surface area contributed by atoms with Crippen LogP contribution in [0.4, 0.5) is 26.3 Å². The van der Waals surface area contributed by atoms with Crippen LogP contribution in [0.2, 0.25) is 0 Å². The highest BCUT2D eigenvalue weighted by Crippen LogP contribution is 2.52. The zero-order valence-electron chi connectivity index (χ0n) is 23.2. The predicted octanol–water partition coefficient (Wildman–Crippen LogP) is 7.66. The van der Waals surface area contributed by atoms with Crippen molar-refractivity contribution >= 4 is 64.4 Å². The average molecular weight is 778 g/mol. The number of methoxy groups -OCH3 is 2. The third-order valence-corrected chi connectivity index (χ3v) is 9.24. The van der Waals surface area contributed by atoms with Gasteiger partial charge in [0, 0.05) is 36.9 Å². The van der Waals surface area contributed by atoms with E-state index in [1.807, 2.05) is 22.6 Å². The van der Waals surface area contributed by atoms with Crippen molar-refractivity contribution in [2.24, 2.45) is 0 Å². The van der Waals surface area contributed by atoms with E-state index in [-0.39, 0.29) is 44.2 Å². The minimum atomic E-state index is -6.17. The fourth-order valence-corrected chi connectivity index (χ4v) is 6.40. The van der Waals surface area contributed by atoms with E-state index in [2.05, 4.69) is 8.37 Å². The van der Waals surface area contributed by atoms with Gasteiger partial charge in [-0.1, -0.05) is 17.7 Å². The van der Waals surface area contributed by atoms with E-state index in [0.29, 0.717) is 20.3 Å². The molecule has 0 N–H and O–H groups in total. The summed E-state index contributed by atoms with van der Waals surface area (Å²) in [6.07, 6.45) is 0. The highest BCUT2D eigenvalue weighted by Gasteiger charge is 2.50.